The van der Waals surface area contributed by atoms with Gasteiger partial charge in [0.1, 0.15) is 12.4 Å². The normalized spacial score (nSPS) is 24.7. The molecule has 2 unspecified atom stereocenters. The van der Waals surface area contributed by atoms with E-state index >= 15 is 0 Å². The van der Waals surface area contributed by atoms with E-state index in [9.17, 15) is 13.2 Å². The van der Waals surface area contributed by atoms with Crippen molar-refractivity contribution in [2.45, 2.75) is 11.2 Å². The van der Waals surface area contributed by atoms with E-state index in [-0.39, 0.29) is 5.92 Å². The van der Waals surface area contributed by atoms with Crippen LogP contribution in [0, 0.1) is 5.92 Å². The smallest absolute Gasteiger partial charge is 0.250 e. The van der Waals surface area contributed by atoms with Crippen molar-refractivity contribution in [1.29, 1.82) is 0 Å². The quantitative estimate of drug-likeness (QED) is 0.777. The molecule has 2 aromatic carbocycles. The Morgan fingerprint density at radius 3 is 2.59 bits per heavy atom. The van der Waals surface area contributed by atoms with Crippen LogP contribution in [0.25, 0.3) is 0 Å². The van der Waals surface area contributed by atoms with Crippen LogP contribution in [0.2, 0.25) is 0 Å². The molecule has 7 heteroatoms. The van der Waals surface area contributed by atoms with Gasteiger partial charge in [-0.2, -0.15) is 0 Å². The first-order chi connectivity index (χ1) is 13.0. The molecule has 1 aliphatic heterocycles. The van der Waals surface area contributed by atoms with Crippen LogP contribution >= 0.6 is 0 Å². The summed E-state index contributed by atoms with van der Waals surface area (Å²) in [7, 11) is -3.76. The average molecular weight is 384 g/mol. The van der Waals surface area contributed by atoms with E-state index in [0.29, 0.717) is 36.7 Å². The van der Waals surface area contributed by atoms with Crippen molar-refractivity contribution in [2.75, 3.05) is 22.8 Å². The summed E-state index contributed by atoms with van der Waals surface area (Å²) in [5, 5.41) is 2.76. The van der Waals surface area contributed by atoms with Crippen LogP contribution in [0.1, 0.15) is 6.42 Å². The number of fused-ring (bicyclic) bond motifs is 1. The summed E-state index contributed by atoms with van der Waals surface area (Å²) < 4.78 is 31.6. The van der Waals surface area contributed by atoms with Crippen LogP contribution in [0.15, 0.2) is 67.3 Å². The molecule has 0 aromatic heterocycles. The number of para-hydroxylation sites is 1. The predicted octanol–water partition coefficient (Wildman–Crippen LogP) is 2.80. The third kappa shape index (κ3) is 2.78. The number of ether oxygens (including phenoxy) is 1. The number of hydrogen-bond donors (Lipinski definition) is 1. The van der Waals surface area contributed by atoms with Crippen molar-refractivity contribution in [1.82, 2.24) is 0 Å². The number of nitrogens with one attached hydrogen (secondary N) is 1. The van der Waals surface area contributed by atoms with Crippen molar-refractivity contribution in [3.05, 3.63) is 67.3 Å². The Kier molecular flexibility index (Phi) is 4.19. The molecule has 1 saturated carbocycles. The zero-order valence-electron chi connectivity index (χ0n) is 14.7. The van der Waals surface area contributed by atoms with Crippen LogP contribution in [0.5, 0.6) is 5.75 Å². The zero-order valence-corrected chi connectivity index (χ0v) is 15.5. The molecule has 27 heavy (non-hydrogen) atoms. The SMILES string of the molecule is C=CCOc1ccc(NC(=O)C23CC2CN(c2ccccc2)S3(=O)=O)cc1. The number of anilines is 2. The molecule has 0 radical (unpaired) electrons. The first-order valence-corrected chi connectivity index (χ1v) is 10.2. The van der Waals surface area contributed by atoms with E-state index < -0.39 is 20.7 Å². The highest BCUT2D eigenvalue weighted by Crippen LogP contribution is 2.58. The van der Waals surface area contributed by atoms with Gasteiger partial charge in [0, 0.05) is 18.2 Å². The molecule has 1 saturated heterocycles. The van der Waals surface area contributed by atoms with Crippen molar-refractivity contribution < 1.29 is 17.9 Å². The standard InChI is InChI=1S/C20H20N2O4S/c1-2-12-26-18-10-8-16(9-11-18)21-19(23)20-13-15(20)14-22(27(20,24)25)17-6-4-3-5-7-17/h2-11,15H,1,12-14H2,(H,21,23). The summed E-state index contributed by atoms with van der Waals surface area (Å²) in [4.78, 5) is 12.9. The van der Waals surface area contributed by atoms with Gasteiger partial charge in [0.2, 0.25) is 15.9 Å². The highest BCUT2D eigenvalue weighted by molar-refractivity contribution is 7.95. The molecule has 0 bridgehead atoms. The number of rotatable bonds is 6. The fraction of sp³-hybridized carbons (Fsp3) is 0.250. The van der Waals surface area contributed by atoms with Gasteiger partial charge in [0.15, 0.2) is 4.75 Å². The molecule has 1 N–H and O–H groups in total. The number of carbonyl (C=O) groups is 1. The molecule has 0 spiro atoms. The Labute approximate surface area is 158 Å². The Morgan fingerprint density at radius 2 is 1.93 bits per heavy atom. The Bertz CT molecular complexity index is 973. The molecule has 140 valence electrons. The maximum absolute atomic E-state index is 13.1. The summed E-state index contributed by atoms with van der Waals surface area (Å²) in [5.41, 5.74) is 1.14. The van der Waals surface area contributed by atoms with Gasteiger partial charge in [0.05, 0.1) is 5.69 Å². The maximum atomic E-state index is 13.1. The average Bonchev–Trinajstić information content (AvgIpc) is 3.37. The van der Waals surface area contributed by atoms with E-state index in [0.717, 1.165) is 0 Å². The molecule has 2 aliphatic rings. The molecule has 2 atom stereocenters. The number of amides is 1. The van der Waals surface area contributed by atoms with Gasteiger partial charge in [-0.3, -0.25) is 9.10 Å². The lowest BCUT2D eigenvalue weighted by Gasteiger charge is -2.22. The maximum Gasteiger partial charge on any atom is 0.250 e. The fourth-order valence-electron chi connectivity index (χ4n) is 3.59. The lowest BCUT2D eigenvalue weighted by Crippen LogP contribution is -2.42. The monoisotopic (exact) mass is 384 g/mol. The van der Waals surface area contributed by atoms with Crippen LogP contribution in [0.4, 0.5) is 11.4 Å². The minimum atomic E-state index is -3.76. The van der Waals surface area contributed by atoms with Gasteiger partial charge in [-0.15, -0.1) is 0 Å². The molecule has 2 aromatic rings. The third-order valence-corrected chi connectivity index (χ3v) is 7.64. The Morgan fingerprint density at radius 1 is 1.22 bits per heavy atom. The van der Waals surface area contributed by atoms with Crippen molar-refractivity contribution in [3.63, 3.8) is 0 Å². The molecule has 2 fully saturated rings. The number of hydrogen-bond acceptors (Lipinski definition) is 4. The number of carbonyl (C=O) groups excluding carboxylic acids is 1. The summed E-state index contributed by atoms with van der Waals surface area (Å²) in [5.74, 6) is 0.00250. The van der Waals surface area contributed by atoms with Crippen molar-refractivity contribution in [2.24, 2.45) is 5.92 Å². The van der Waals surface area contributed by atoms with E-state index in [4.69, 9.17) is 4.74 Å². The molecular formula is C20H20N2O4S. The molecule has 1 heterocycles. The largest absolute Gasteiger partial charge is 0.490 e. The van der Waals surface area contributed by atoms with Crippen LogP contribution in [-0.4, -0.2) is 32.2 Å². The number of benzene rings is 2. The fourth-order valence-corrected chi connectivity index (χ4v) is 5.95. The molecule has 6 nitrogen and oxygen atoms in total. The molecule has 1 aliphatic carbocycles. The second-order valence-corrected chi connectivity index (χ2v) is 8.86. The molecule has 1 amide bonds. The summed E-state index contributed by atoms with van der Waals surface area (Å²) >= 11 is 0. The molecule has 4 rings (SSSR count). The topological polar surface area (TPSA) is 75.7 Å². The second kappa shape index (κ2) is 6.42. The van der Waals surface area contributed by atoms with Crippen molar-refractivity contribution in [3.8, 4) is 5.75 Å². The van der Waals surface area contributed by atoms with Gasteiger partial charge in [-0.1, -0.05) is 30.9 Å². The highest BCUT2D eigenvalue weighted by Gasteiger charge is 2.75. The van der Waals surface area contributed by atoms with E-state index in [1.54, 1.807) is 54.6 Å². The van der Waals surface area contributed by atoms with E-state index in [2.05, 4.69) is 11.9 Å². The van der Waals surface area contributed by atoms with Gasteiger partial charge < -0.3 is 10.1 Å². The third-order valence-electron chi connectivity index (χ3n) is 5.09. The Balaban J connectivity index is 1.52. The van der Waals surface area contributed by atoms with Crippen LogP contribution in [-0.2, 0) is 14.8 Å². The lowest BCUT2D eigenvalue weighted by molar-refractivity contribution is -0.116. The first kappa shape index (κ1) is 17.6. The number of sulfonamides is 1. The predicted molar refractivity (Wildman–Crippen MR) is 104 cm³/mol. The van der Waals surface area contributed by atoms with E-state index in [1.165, 1.54) is 4.31 Å². The Hall–Kier alpha value is -2.80. The van der Waals surface area contributed by atoms with Gasteiger partial charge in [0.25, 0.3) is 0 Å². The van der Waals surface area contributed by atoms with Crippen molar-refractivity contribution >= 4 is 27.3 Å². The minimum absolute atomic E-state index is 0.182. The van der Waals surface area contributed by atoms with Gasteiger partial charge in [-0.25, -0.2) is 8.42 Å². The van der Waals surface area contributed by atoms with Gasteiger partial charge in [-0.05, 0) is 42.8 Å². The van der Waals surface area contributed by atoms with Crippen LogP contribution < -0.4 is 14.4 Å². The second-order valence-electron chi connectivity index (χ2n) is 6.74. The first-order valence-electron chi connectivity index (χ1n) is 8.71. The number of nitrogens with zero attached hydrogens (tertiary/aromatic N) is 1. The highest BCUT2D eigenvalue weighted by atomic mass is 32.2. The lowest BCUT2D eigenvalue weighted by atomic mass is 10.2. The van der Waals surface area contributed by atoms with E-state index in [1.807, 2.05) is 6.07 Å². The summed E-state index contributed by atoms with van der Waals surface area (Å²) in [6.45, 7) is 4.32. The zero-order chi connectivity index (χ0) is 19.1. The summed E-state index contributed by atoms with van der Waals surface area (Å²) in [6.07, 6.45) is 2.01. The molecular weight excluding hydrogens is 364 g/mol. The van der Waals surface area contributed by atoms with Crippen LogP contribution in [0.3, 0.4) is 0 Å². The minimum Gasteiger partial charge on any atom is -0.490 e. The summed E-state index contributed by atoms with van der Waals surface area (Å²) in [6, 6.07) is 15.7. The van der Waals surface area contributed by atoms with Gasteiger partial charge >= 0.3 is 0 Å².